The van der Waals surface area contributed by atoms with Crippen LogP contribution in [0.4, 0.5) is 0 Å². The summed E-state index contributed by atoms with van der Waals surface area (Å²) in [7, 11) is 0. The number of nitrogens with one attached hydrogen (secondary N) is 1. The zero-order valence-corrected chi connectivity index (χ0v) is 10.4. The minimum Gasteiger partial charge on any atom is -0.282 e. The maximum atomic E-state index is 4.36. The second kappa shape index (κ2) is 6.24. The Morgan fingerprint density at radius 3 is 2.65 bits per heavy atom. The Hall–Kier alpha value is -1.57. The third kappa shape index (κ3) is 3.45. The van der Waals surface area contributed by atoms with Crippen LogP contribution in [0.5, 0.6) is 0 Å². The SMILES string of the molecule is CCCCCCc1cc(-c2ccccc2)n[nH]1. The quantitative estimate of drug-likeness (QED) is 0.737. The Bertz CT molecular complexity index is 431. The van der Waals surface area contributed by atoms with Gasteiger partial charge in [-0.3, -0.25) is 5.10 Å². The lowest BCUT2D eigenvalue weighted by atomic mass is 10.1. The summed E-state index contributed by atoms with van der Waals surface area (Å²) in [5.74, 6) is 0. The van der Waals surface area contributed by atoms with Crippen LogP contribution >= 0.6 is 0 Å². The Morgan fingerprint density at radius 2 is 1.88 bits per heavy atom. The lowest BCUT2D eigenvalue weighted by Crippen LogP contribution is -1.85. The molecule has 2 aromatic rings. The first-order chi connectivity index (χ1) is 8.40. The summed E-state index contributed by atoms with van der Waals surface area (Å²) in [4.78, 5) is 0. The Kier molecular flexibility index (Phi) is 4.37. The monoisotopic (exact) mass is 228 g/mol. The van der Waals surface area contributed by atoms with Crippen LogP contribution in [0.3, 0.4) is 0 Å². The predicted molar refractivity (Wildman–Crippen MR) is 71.9 cm³/mol. The summed E-state index contributed by atoms with van der Waals surface area (Å²) in [5, 5.41) is 7.49. The molecule has 1 N–H and O–H groups in total. The van der Waals surface area contributed by atoms with Crippen molar-refractivity contribution in [1.29, 1.82) is 0 Å². The number of benzene rings is 1. The molecule has 0 radical (unpaired) electrons. The van der Waals surface area contributed by atoms with E-state index in [9.17, 15) is 0 Å². The third-order valence-electron chi connectivity index (χ3n) is 3.00. The molecule has 2 rings (SSSR count). The number of aryl methyl sites for hydroxylation is 1. The molecule has 0 aliphatic heterocycles. The van der Waals surface area contributed by atoms with E-state index in [0.717, 1.165) is 12.1 Å². The summed E-state index contributed by atoms with van der Waals surface area (Å²) in [6, 6.07) is 12.5. The zero-order chi connectivity index (χ0) is 11.9. The molecule has 1 aromatic heterocycles. The maximum Gasteiger partial charge on any atom is 0.0923 e. The zero-order valence-electron chi connectivity index (χ0n) is 10.4. The van der Waals surface area contributed by atoms with Gasteiger partial charge in [0.1, 0.15) is 0 Å². The van der Waals surface area contributed by atoms with Crippen LogP contribution in [0.1, 0.15) is 38.3 Å². The van der Waals surface area contributed by atoms with Crippen LogP contribution in [-0.2, 0) is 6.42 Å². The molecule has 0 saturated carbocycles. The van der Waals surface area contributed by atoms with Crippen LogP contribution in [0.2, 0.25) is 0 Å². The number of rotatable bonds is 6. The molecule has 90 valence electrons. The molecule has 0 unspecified atom stereocenters. The lowest BCUT2D eigenvalue weighted by molar-refractivity contribution is 0.659. The van der Waals surface area contributed by atoms with Crippen molar-refractivity contribution in [3.63, 3.8) is 0 Å². The maximum absolute atomic E-state index is 4.36. The Balaban J connectivity index is 1.92. The molecule has 1 aromatic carbocycles. The Labute approximate surface area is 103 Å². The molecule has 17 heavy (non-hydrogen) atoms. The van der Waals surface area contributed by atoms with Gasteiger partial charge in [-0.2, -0.15) is 5.10 Å². The molecule has 1 heterocycles. The van der Waals surface area contributed by atoms with Crippen LogP contribution in [-0.4, -0.2) is 10.2 Å². The lowest BCUT2D eigenvalue weighted by Gasteiger charge is -1.96. The molecule has 0 amide bonds. The highest BCUT2D eigenvalue weighted by Crippen LogP contribution is 2.17. The molecule has 0 aliphatic rings. The first kappa shape index (κ1) is 11.9. The summed E-state index contributed by atoms with van der Waals surface area (Å²) < 4.78 is 0. The molecule has 2 nitrogen and oxygen atoms in total. The van der Waals surface area contributed by atoms with Crippen molar-refractivity contribution in [2.24, 2.45) is 0 Å². The number of hydrogen-bond acceptors (Lipinski definition) is 1. The van der Waals surface area contributed by atoms with E-state index in [0.29, 0.717) is 0 Å². The minimum absolute atomic E-state index is 1.05. The van der Waals surface area contributed by atoms with Gasteiger partial charge in [-0.1, -0.05) is 56.5 Å². The van der Waals surface area contributed by atoms with E-state index < -0.39 is 0 Å². The van der Waals surface area contributed by atoms with Crippen molar-refractivity contribution in [2.75, 3.05) is 0 Å². The first-order valence-electron chi connectivity index (χ1n) is 6.50. The normalized spacial score (nSPS) is 10.6. The second-order valence-electron chi connectivity index (χ2n) is 4.46. The topological polar surface area (TPSA) is 28.7 Å². The molecule has 0 aliphatic carbocycles. The van der Waals surface area contributed by atoms with Crippen molar-refractivity contribution in [3.05, 3.63) is 42.1 Å². The van der Waals surface area contributed by atoms with E-state index in [4.69, 9.17) is 0 Å². The van der Waals surface area contributed by atoms with Crippen LogP contribution in [0, 0.1) is 0 Å². The number of H-pyrrole nitrogens is 1. The van der Waals surface area contributed by atoms with Gasteiger partial charge >= 0.3 is 0 Å². The average molecular weight is 228 g/mol. The number of hydrogen-bond donors (Lipinski definition) is 1. The smallest absolute Gasteiger partial charge is 0.0923 e. The predicted octanol–water partition coefficient (Wildman–Crippen LogP) is 4.20. The summed E-state index contributed by atoms with van der Waals surface area (Å²) >= 11 is 0. The number of unbranched alkanes of at least 4 members (excludes halogenated alkanes) is 3. The molecule has 2 heteroatoms. The minimum atomic E-state index is 1.05. The van der Waals surface area contributed by atoms with E-state index in [1.54, 1.807) is 0 Å². The van der Waals surface area contributed by atoms with E-state index in [2.05, 4.69) is 35.3 Å². The van der Waals surface area contributed by atoms with Crippen LogP contribution < -0.4 is 0 Å². The number of aromatic amines is 1. The molecule has 0 spiro atoms. The van der Waals surface area contributed by atoms with Gasteiger partial charge in [0.2, 0.25) is 0 Å². The van der Waals surface area contributed by atoms with Gasteiger partial charge in [0.15, 0.2) is 0 Å². The standard InChI is InChI=1S/C15H20N2/c1-2-3-4-8-11-14-12-15(17-16-14)13-9-6-5-7-10-13/h5-7,9-10,12H,2-4,8,11H2,1H3,(H,16,17). The van der Waals surface area contributed by atoms with Crippen molar-refractivity contribution < 1.29 is 0 Å². The van der Waals surface area contributed by atoms with Gasteiger partial charge in [-0.25, -0.2) is 0 Å². The first-order valence-corrected chi connectivity index (χ1v) is 6.50. The van der Waals surface area contributed by atoms with Gasteiger partial charge in [0, 0.05) is 11.3 Å². The number of nitrogens with zero attached hydrogens (tertiary/aromatic N) is 1. The molecule has 0 atom stereocenters. The second-order valence-corrected chi connectivity index (χ2v) is 4.46. The van der Waals surface area contributed by atoms with Crippen LogP contribution in [0.15, 0.2) is 36.4 Å². The van der Waals surface area contributed by atoms with Crippen LogP contribution in [0.25, 0.3) is 11.3 Å². The highest BCUT2D eigenvalue weighted by Gasteiger charge is 2.02. The number of aromatic nitrogens is 2. The fraction of sp³-hybridized carbons (Fsp3) is 0.400. The highest BCUT2D eigenvalue weighted by molar-refractivity contribution is 5.58. The third-order valence-corrected chi connectivity index (χ3v) is 3.00. The van der Waals surface area contributed by atoms with E-state index in [-0.39, 0.29) is 0 Å². The summed E-state index contributed by atoms with van der Waals surface area (Å²) in [5.41, 5.74) is 3.49. The fourth-order valence-corrected chi connectivity index (χ4v) is 1.99. The highest BCUT2D eigenvalue weighted by atomic mass is 15.1. The molecule has 0 bridgehead atoms. The average Bonchev–Trinajstić information content (AvgIpc) is 2.85. The molecule has 0 fully saturated rings. The van der Waals surface area contributed by atoms with E-state index in [1.807, 2.05) is 18.2 Å². The summed E-state index contributed by atoms with van der Waals surface area (Å²) in [6.07, 6.45) is 6.30. The van der Waals surface area contributed by atoms with Crippen molar-refractivity contribution in [1.82, 2.24) is 10.2 Å². The Morgan fingerprint density at radius 1 is 1.06 bits per heavy atom. The van der Waals surface area contributed by atoms with Gasteiger partial charge in [0.25, 0.3) is 0 Å². The molecular formula is C15H20N2. The van der Waals surface area contributed by atoms with Gasteiger partial charge < -0.3 is 0 Å². The van der Waals surface area contributed by atoms with E-state index in [1.165, 1.54) is 36.9 Å². The van der Waals surface area contributed by atoms with Crippen molar-refractivity contribution >= 4 is 0 Å². The van der Waals surface area contributed by atoms with Gasteiger partial charge in [-0.05, 0) is 18.9 Å². The largest absolute Gasteiger partial charge is 0.282 e. The van der Waals surface area contributed by atoms with Gasteiger partial charge in [-0.15, -0.1) is 0 Å². The molecular weight excluding hydrogens is 208 g/mol. The van der Waals surface area contributed by atoms with E-state index >= 15 is 0 Å². The summed E-state index contributed by atoms with van der Waals surface area (Å²) in [6.45, 7) is 2.24. The van der Waals surface area contributed by atoms with Crippen molar-refractivity contribution in [2.45, 2.75) is 39.0 Å². The fourth-order valence-electron chi connectivity index (χ4n) is 1.99. The van der Waals surface area contributed by atoms with Gasteiger partial charge in [0.05, 0.1) is 5.69 Å². The van der Waals surface area contributed by atoms with Crippen molar-refractivity contribution in [3.8, 4) is 11.3 Å². The molecule has 0 saturated heterocycles.